The van der Waals surface area contributed by atoms with E-state index in [0.717, 1.165) is 18.5 Å². The van der Waals surface area contributed by atoms with Crippen molar-refractivity contribution in [1.29, 1.82) is 0 Å². The van der Waals surface area contributed by atoms with E-state index < -0.39 is 5.97 Å². The van der Waals surface area contributed by atoms with Crippen molar-refractivity contribution >= 4 is 23.1 Å². The molecule has 0 saturated heterocycles. The Morgan fingerprint density at radius 3 is 2.90 bits per heavy atom. The molecule has 5 heteroatoms. The van der Waals surface area contributed by atoms with Crippen LogP contribution in [0.3, 0.4) is 0 Å². The van der Waals surface area contributed by atoms with Crippen molar-refractivity contribution in [3.8, 4) is 0 Å². The largest absolute Gasteiger partial charge is 0.478 e. The molecule has 0 saturated carbocycles. The lowest BCUT2D eigenvalue weighted by Gasteiger charge is -2.14. The zero-order valence-corrected chi connectivity index (χ0v) is 12.4. The van der Waals surface area contributed by atoms with E-state index in [1.54, 1.807) is 23.5 Å². The fourth-order valence-electron chi connectivity index (χ4n) is 2.00. The van der Waals surface area contributed by atoms with E-state index in [1.165, 1.54) is 4.88 Å². The number of rotatable bonds is 6. The van der Waals surface area contributed by atoms with E-state index in [4.69, 9.17) is 5.11 Å². The van der Waals surface area contributed by atoms with E-state index in [1.807, 2.05) is 18.4 Å². The van der Waals surface area contributed by atoms with Gasteiger partial charge in [0.15, 0.2) is 0 Å². The summed E-state index contributed by atoms with van der Waals surface area (Å²) in [6.45, 7) is 4.09. The number of pyridine rings is 1. The minimum atomic E-state index is -0.920. The Morgan fingerprint density at radius 2 is 2.30 bits per heavy atom. The number of anilines is 1. The zero-order valence-electron chi connectivity index (χ0n) is 11.6. The quantitative estimate of drug-likeness (QED) is 0.845. The highest BCUT2D eigenvalue weighted by Gasteiger charge is 2.11. The first-order valence-corrected chi connectivity index (χ1v) is 7.52. The summed E-state index contributed by atoms with van der Waals surface area (Å²) in [5, 5.41) is 14.5. The van der Waals surface area contributed by atoms with Crippen LogP contribution in [-0.4, -0.2) is 16.1 Å². The molecule has 0 aliphatic carbocycles. The van der Waals surface area contributed by atoms with Crippen LogP contribution in [0.25, 0.3) is 0 Å². The number of carboxylic acids is 1. The smallest absolute Gasteiger partial charge is 0.335 e. The summed E-state index contributed by atoms with van der Waals surface area (Å²) in [4.78, 5) is 16.9. The number of nitrogens with zero attached hydrogens (tertiary/aromatic N) is 1. The molecule has 0 aromatic carbocycles. The lowest BCUT2D eigenvalue weighted by Crippen LogP contribution is -2.09. The number of aromatic nitrogens is 1. The highest BCUT2D eigenvalue weighted by molar-refractivity contribution is 7.10. The van der Waals surface area contributed by atoms with Gasteiger partial charge < -0.3 is 10.4 Å². The van der Waals surface area contributed by atoms with Gasteiger partial charge >= 0.3 is 5.97 Å². The Hall–Kier alpha value is -1.88. The predicted molar refractivity (Wildman–Crippen MR) is 81.5 cm³/mol. The highest BCUT2D eigenvalue weighted by atomic mass is 32.1. The van der Waals surface area contributed by atoms with E-state index in [2.05, 4.69) is 23.3 Å². The van der Waals surface area contributed by atoms with Crippen molar-refractivity contribution < 1.29 is 9.90 Å². The number of nitrogens with one attached hydrogen (secondary N) is 1. The molecule has 2 rings (SSSR count). The second kappa shape index (κ2) is 6.52. The Kier molecular flexibility index (Phi) is 4.74. The van der Waals surface area contributed by atoms with Gasteiger partial charge in [-0.05, 0) is 36.9 Å². The molecule has 0 fully saturated rings. The second-order valence-electron chi connectivity index (χ2n) is 4.67. The number of carbonyl (C=O) groups is 1. The van der Waals surface area contributed by atoms with Gasteiger partial charge in [0.1, 0.15) is 5.82 Å². The Labute approximate surface area is 122 Å². The van der Waals surface area contributed by atoms with Crippen molar-refractivity contribution in [1.82, 2.24) is 4.98 Å². The molecule has 0 aliphatic heterocycles. The third-order valence-electron chi connectivity index (χ3n) is 2.97. The summed E-state index contributed by atoms with van der Waals surface area (Å²) >= 11 is 1.67. The van der Waals surface area contributed by atoms with Gasteiger partial charge in [-0.2, -0.15) is 0 Å². The molecule has 0 spiro atoms. The first kappa shape index (κ1) is 14.5. The summed E-state index contributed by atoms with van der Waals surface area (Å²) < 4.78 is 0. The Morgan fingerprint density at radius 1 is 1.50 bits per heavy atom. The topological polar surface area (TPSA) is 62.2 Å². The molecule has 4 nitrogen and oxygen atoms in total. The van der Waals surface area contributed by atoms with Crippen molar-refractivity contribution in [3.05, 3.63) is 45.8 Å². The second-order valence-corrected chi connectivity index (χ2v) is 5.65. The number of aryl methyl sites for hydroxylation is 1. The monoisotopic (exact) mass is 290 g/mol. The van der Waals surface area contributed by atoms with E-state index >= 15 is 0 Å². The number of hydrogen-bond acceptors (Lipinski definition) is 4. The fraction of sp³-hybridized carbons (Fsp3) is 0.333. The first-order valence-electron chi connectivity index (χ1n) is 6.64. The number of thiophene rings is 1. The van der Waals surface area contributed by atoms with Gasteiger partial charge in [0.25, 0.3) is 0 Å². The molecule has 2 N–H and O–H groups in total. The number of aromatic carboxylic acids is 1. The van der Waals surface area contributed by atoms with Gasteiger partial charge in [0.2, 0.25) is 0 Å². The summed E-state index contributed by atoms with van der Waals surface area (Å²) in [6, 6.07) is 7.40. The number of hydrogen-bond donors (Lipinski definition) is 2. The minimum Gasteiger partial charge on any atom is -0.478 e. The molecule has 0 bridgehead atoms. The third-order valence-corrected chi connectivity index (χ3v) is 4.02. The molecule has 2 aromatic heterocycles. The predicted octanol–water partition coefficient (Wildman–Crippen LogP) is 3.97. The van der Waals surface area contributed by atoms with Gasteiger partial charge in [-0.3, -0.25) is 0 Å². The summed E-state index contributed by atoms with van der Waals surface area (Å²) in [5.41, 5.74) is 1.10. The molecule has 0 aliphatic rings. The van der Waals surface area contributed by atoms with Gasteiger partial charge in [0, 0.05) is 10.6 Å². The number of carboxylic acid groups (broad SMARTS) is 1. The van der Waals surface area contributed by atoms with Gasteiger partial charge in [0.05, 0.1) is 11.6 Å². The molecule has 1 unspecified atom stereocenters. The van der Waals surface area contributed by atoms with Crippen LogP contribution in [0.5, 0.6) is 0 Å². The van der Waals surface area contributed by atoms with Crippen LogP contribution in [-0.2, 0) is 6.42 Å². The molecule has 0 radical (unpaired) electrons. The molecule has 20 heavy (non-hydrogen) atoms. The lowest BCUT2D eigenvalue weighted by molar-refractivity contribution is 0.0696. The van der Waals surface area contributed by atoms with Crippen molar-refractivity contribution in [2.45, 2.75) is 32.7 Å². The SMILES string of the molecule is CCCc1cc(C(=O)O)cc(NC(C)c2cccs2)n1. The summed E-state index contributed by atoms with van der Waals surface area (Å²) in [7, 11) is 0. The van der Waals surface area contributed by atoms with Gasteiger partial charge in [-0.25, -0.2) is 9.78 Å². The van der Waals surface area contributed by atoms with Crippen molar-refractivity contribution in [2.75, 3.05) is 5.32 Å². The maximum absolute atomic E-state index is 11.2. The van der Waals surface area contributed by atoms with Crippen molar-refractivity contribution in [3.63, 3.8) is 0 Å². The average molecular weight is 290 g/mol. The third kappa shape index (κ3) is 3.57. The van der Waals surface area contributed by atoms with Crippen LogP contribution in [0.2, 0.25) is 0 Å². The first-order chi connectivity index (χ1) is 9.60. The van der Waals surface area contributed by atoms with Crippen LogP contribution in [0.4, 0.5) is 5.82 Å². The van der Waals surface area contributed by atoms with Gasteiger partial charge in [-0.15, -0.1) is 11.3 Å². The molecule has 0 amide bonds. The van der Waals surface area contributed by atoms with Crippen LogP contribution in [0.1, 0.15) is 47.2 Å². The van der Waals surface area contributed by atoms with E-state index in [9.17, 15) is 4.79 Å². The molecule has 106 valence electrons. The standard InChI is InChI=1S/C15H18N2O2S/c1-3-5-12-8-11(15(18)19)9-14(17-12)16-10(2)13-6-4-7-20-13/h4,6-10H,3,5H2,1-2H3,(H,16,17)(H,18,19). The van der Waals surface area contributed by atoms with Crippen LogP contribution in [0, 0.1) is 0 Å². The normalized spacial score (nSPS) is 12.1. The molecular formula is C15H18N2O2S. The molecule has 1 atom stereocenters. The maximum Gasteiger partial charge on any atom is 0.335 e. The maximum atomic E-state index is 11.2. The molecule has 2 heterocycles. The van der Waals surface area contributed by atoms with Crippen molar-refractivity contribution in [2.24, 2.45) is 0 Å². The zero-order chi connectivity index (χ0) is 14.5. The van der Waals surface area contributed by atoms with E-state index in [0.29, 0.717) is 5.82 Å². The average Bonchev–Trinajstić information content (AvgIpc) is 2.92. The van der Waals surface area contributed by atoms with E-state index in [-0.39, 0.29) is 11.6 Å². The van der Waals surface area contributed by atoms with Crippen LogP contribution in [0.15, 0.2) is 29.6 Å². The van der Waals surface area contributed by atoms with Crippen LogP contribution < -0.4 is 5.32 Å². The lowest BCUT2D eigenvalue weighted by atomic mass is 10.1. The highest BCUT2D eigenvalue weighted by Crippen LogP contribution is 2.23. The Bertz CT molecular complexity index is 582. The van der Waals surface area contributed by atoms with Crippen LogP contribution >= 0.6 is 11.3 Å². The summed E-state index contributed by atoms with van der Waals surface area (Å²) in [5.74, 6) is -0.300. The fourth-order valence-corrected chi connectivity index (χ4v) is 2.73. The molecular weight excluding hydrogens is 272 g/mol. The Balaban J connectivity index is 2.23. The minimum absolute atomic E-state index is 0.112. The molecule has 2 aromatic rings. The van der Waals surface area contributed by atoms with Gasteiger partial charge in [-0.1, -0.05) is 19.4 Å². The summed E-state index contributed by atoms with van der Waals surface area (Å²) in [6.07, 6.45) is 1.72.